The van der Waals surface area contributed by atoms with Crippen molar-refractivity contribution in [1.82, 2.24) is 4.98 Å². The first-order chi connectivity index (χ1) is 17.6. The van der Waals surface area contributed by atoms with Crippen LogP contribution in [0.1, 0.15) is 76.0 Å². The topological polar surface area (TPSA) is 55.2 Å². The summed E-state index contributed by atoms with van der Waals surface area (Å²) < 4.78 is 13.0. The lowest BCUT2D eigenvalue weighted by Gasteiger charge is -2.44. The smallest absolute Gasteiger partial charge is 0.408 e. The minimum Gasteiger partial charge on any atom is -0.408 e. The number of hydrogen-bond donors (Lipinski definition) is 1. The summed E-state index contributed by atoms with van der Waals surface area (Å²) in [5.74, 6) is 0.658. The lowest BCUT2D eigenvalue weighted by atomic mass is 9.72. The quantitative estimate of drug-likeness (QED) is 0.295. The molecule has 5 heteroatoms. The lowest BCUT2D eigenvalue weighted by molar-refractivity contribution is 0.214. The zero-order valence-electron chi connectivity index (χ0n) is 22.9. The van der Waals surface area contributed by atoms with Crippen LogP contribution in [0, 0.1) is 12.8 Å². The number of fused-ring (bicyclic) bond motifs is 3. The van der Waals surface area contributed by atoms with Crippen molar-refractivity contribution in [2.75, 3.05) is 6.61 Å². The molecule has 0 unspecified atom stereocenters. The van der Waals surface area contributed by atoms with Gasteiger partial charge in [0.2, 0.25) is 0 Å². The predicted molar refractivity (Wildman–Crippen MR) is 155 cm³/mol. The van der Waals surface area contributed by atoms with Gasteiger partial charge in [0.25, 0.3) is 8.32 Å². The molecule has 4 nitrogen and oxygen atoms in total. The molecule has 0 bridgehead atoms. The van der Waals surface area contributed by atoms with Crippen molar-refractivity contribution < 1.29 is 8.84 Å². The molecule has 0 saturated heterocycles. The van der Waals surface area contributed by atoms with Crippen LogP contribution < -0.4 is 16.1 Å². The van der Waals surface area contributed by atoms with Crippen LogP contribution in [-0.4, -0.2) is 19.9 Å². The summed E-state index contributed by atoms with van der Waals surface area (Å²) >= 11 is 0. The minimum absolute atomic E-state index is 0.0499. The first-order valence-corrected chi connectivity index (χ1v) is 15.5. The van der Waals surface area contributed by atoms with E-state index in [1.165, 1.54) is 21.5 Å². The summed E-state index contributed by atoms with van der Waals surface area (Å²) in [6, 6.07) is 24.0. The molecule has 0 aliphatic heterocycles. The third-order valence-corrected chi connectivity index (χ3v) is 13.4. The zero-order valence-corrected chi connectivity index (χ0v) is 23.9. The maximum absolute atomic E-state index is 12.1. The third kappa shape index (κ3) is 4.42. The Hall–Kier alpha value is -2.89. The number of benzene rings is 3. The second-order valence-electron chi connectivity index (χ2n) is 12.0. The molecule has 1 aromatic heterocycles. The zero-order chi connectivity index (χ0) is 26.4. The monoisotopic (exact) mass is 513 g/mol. The molecular weight excluding hydrogens is 474 g/mol. The van der Waals surface area contributed by atoms with Gasteiger partial charge < -0.3 is 8.84 Å². The summed E-state index contributed by atoms with van der Waals surface area (Å²) in [6.07, 6.45) is 2.19. The van der Waals surface area contributed by atoms with E-state index in [1.807, 2.05) is 0 Å². The van der Waals surface area contributed by atoms with E-state index in [2.05, 4.69) is 113 Å². The average molecular weight is 514 g/mol. The highest BCUT2D eigenvalue weighted by Crippen LogP contribution is 2.46. The van der Waals surface area contributed by atoms with Gasteiger partial charge in [-0.15, -0.1) is 0 Å². The van der Waals surface area contributed by atoms with Crippen LogP contribution in [0.2, 0.25) is 5.04 Å². The number of hydrogen-bond acceptors (Lipinski definition) is 3. The lowest BCUT2D eigenvalue weighted by Crippen LogP contribution is -2.67. The first-order valence-electron chi connectivity index (χ1n) is 13.5. The van der Waals surface area contributed by atoms with E-state index in [4.69, 9.17) is 8.84 Å². The van der Waals surface area contributed by atoms with E-state index in [0.717, 1.165) is 29.5 Å². The maximum atomic E-state index is 12.1. The van der Waals surface area contributed by atoms with Crippen LogP contribution >= 0.6 is 0 Å². The van der Waals surface area contributed by atoms with E-state index in [0.29, 0.717) is 24.4 Å². The summed E-state index contributed by atoms with van der Waals surface area (Å²) in [5.41, 5.74) is 5.18. The molecule has 1 N–H and O–H groups in total. The Morgan fingerprint density at radius 1 is 1.03 bits per heavy atom. The highest BCUT2D eigenvalue weighted by atomic mass is 28.4. The van der Waals surface area contributed by atoms with E-state index in [1.54, 1.807) is 0 Å². The number of H-pyrrole nitrogens is 1. The van der Waals surface area contributed by atoms with Crippen molar-refractivity contribution in [3.8, 4) is 0 Å². The van der Waals surface area contributed by atoms with E-state index >= 15 is 0 Å². The Labute approximate surface area is 221 Å². The van der Waals surface area contributed by atoms with Crippen LogP contribution in [0.4, 0.5) is 0 Å². The van der Waals surface area contributed by atoms with Crippen molar-refractivity contribution in [1.29, 1.82) is 0 Å². The molecule has 1 aliphatic rings. The number of aromatic amines is 1. The van der Waals surface area contributed by atoms with Gasteiger partial charge in [0, 0.05) is 12.2 Å². The van der Waals surface area contributed by atoms with Crippen LogP contribution in [0.25, 0.3) is 11.1 Å². The average Bonchev–Trinajstić information content (AvgIpc) is 3.27. The molecule has 0 saturated carbocycles. The SMILES string of the molecule is Cc1cc2c(c3oc(=O)[nH]c13)[C@@H](C)CC[C@@H]2[C@@H](C)CO[Si](c1ccccc1)(c1ccccc1)C(C)(C)C. The van der Waals surface area contributed by atoms with Gasteiger partial charge in [0.05, 0.1) is 5.52 Å². The number of aromatic nitrogens is 1. The molecule has 4 aromatic rings. The van der Waals surface area contributed by atoms with E-state index < -0.39 is 8.32 Å². The molecule has 5 rings (SSSR count). The number of aryl methyl sites for hydroxylation is 1. The first kappa shape index (κ1) is 25.7. The molecular formula is C32H39NO3Si. The highest BCUT2D eigenvalue weighted by molar-refractivity contribution is 6.99. The van der Waals surface area contributed by atoms with Gasteiger partial charge in [-0.25, -0.2) is 4.79 Å². The number of rotatable bonds is 6. The van der Waals surface area contributed by atoms with E-state index in [-0.39, 0.29) is 10.8 Å². The molecule has 194 valence electrons. The number of nitrogens with one attached hydrogen (secondary N) is 1. The Kier molecular flexibility index (Phi) is 6.80. The fraction of sp³-hybridized carbons (Fsp3) is 0.406. The highest BCUT2D eigenvalue weighted by Gasteiger charge is 2.50. The molecule has 3 aromatic carbocycles. The third-order valence-electron chi connectivity index (χ3n) is 8.44. The van der Waals surface area contributed by atoms with Crippen LogP contribution in [0.15, 0.2) is 75.9 Å². The fourth-order valence-electron chi connectivity index (χ4n) is 6.58. The molecule has 0 spiro atoms. The Morgan fingerprint density at radius 3 is 2.19 bits per heavy atom. The molecule has 37 heavy (non-hydrogen) atoms. The summed E-state index contributed by atoms with van der Waals surface area (Å²) in [6.45, 7) is 14.3. The van der Waals surface area contributed by atoms with Crippen LogP contribution in [-0.2, 0) is 4.43 Å². The maximum Gasteiger partial charge on any atom is 0.417 e. The molecule has 1 heterocycles. The van der Waals surface area contributed by atoms with Crippen molar-refractivity contribution in [3.63, 3.8) is 0 Å². The summed E-state index contributed by atoms with van der Waals surface area (Å²) in [7, 11) is -2.60. The molecule has 0 amide bonds. The van der Waals surface area contributed by atoms with Gasteiger partial charge in [-0.2, -0.15) is 0 Å². The van der Waals surface area contributed by atoms with Gasteiger partial charge in [-0.1, -0.05) is 101 Å². The predicted octanol–water partition coefficient (Wildman–Crippen LogP) is 6.62. The fourth-order valence-corrected chi connectivity index (χ4v) is 11.2. The summed E-state index contributed by atoms with van der Waals surface area (Å²) in [5, 5.41) is 2.57. The minimum atomic E-state index is -2.60. The van der Waals surface area contributed by atoms with Crippen molar-refractivity contribution in [3.05, 3.63) is 94.0 Å². The normalized spacial score (nSPS) is 19.1. The van der Waals surface area contributed by atoms with Gasteiger partial charge in [-0.3, -0.25) is 4.98 Å². The second kappa shape index (κ2) is 9.77. The van der Waals surface area contributed by atoms with Crippen molar-refractivity contribution in [2.24, 2.45) is 5.92 Å². The van der Waals surface area contributed by atoms with Gasteiger partial charge in [0.15, 0.2) is 5.58 Å². The molecule has 3 atom stereocenters. The second-order valence-corrected chi connectivity index (χ2v) is 16.3. The Morgan fingerprint density at radius 2 is 1.62 bits per heavy atom. The van der Waals surface area contributed by atoms with Gasteiger partial charge >= 0.3 is 5.76 Å². The van der Waals surface area contributed by atoms with Gasteiger partial charge in [0.1, 0.15) is 0 Å². The molecule has 0 radical (unpaired) electrons. The largest absolute Gasteiger partial charge is 0.417 e. The standard InChI is InChI=1S/C32H39NO3Si/c1-21-17-18-26(27-19-22(2)29-30(28(21)27)36-31(34)33-29)23(3)20-35-37(32(4,5)6,24-13-9-7-10-14-24)25-15-11-8-12-16-25/h7-16,19,21,23,26H,17-18,20H2,1-6H3,(H,33,34)/t21-,23-,26+/m0/s1. The van der Waals surface area contributed by atoms with Crippen molar-refractivity contribution >= 4 is 29.8 Å². The van der Waals surface area contributed by atoms with Crippen LogP contribution in [0.3, 0.4) is 0 Å². The summed E-state index contributed by atoms with van der Waals surface area (Å²) in [4.78, 5) is 15.0. The van der Waals surface area contributed by atoms with Crippen LogP contribution in [0.5, 0.6) is 0 Å². The molecule has 0 fully saturated rings. The molecule has 1 aliphatic carbocycles. The number of oxazole rings is 1. The Bertz CT molecular complexity index is 1390. The van der Waals surface area contributed by atoms with E-state index in [9.17, 15) is 4.79 Å². The van der Waals surface area contributed by atoms with Gasteiger partial charge in [-0.05, 0) is 64.1 Å². The van der Waals surface area contributed by atoms with Crippen molar-refractivity contribution in [2.45, 2.75) is 71.3 Å². The Balaban J connectivity index is 1.54.